The van der Waals surface area contributed by atoms with Crippen LogP contribution in [0.5, 0.6) is 0 Å². The van der Waals surface area contributed by atoms with E-state index in [9.17, 15) is 0 Å². The van der Waals surface area contributed by atoms with Crippen molar-refractivity contribution in [2.45, 2.75) is 6.54 Å². The van der Waals surface area contributed by atoms with E-state index in [1.165, 1.54) is 0 Å². The van der Waals surface area contributed by atoms with Crippen LogP contribution in [0.2, 0.25) is 5.02 Å². The normalized spacial score (nSPS) is 10.5. The molecule has 1 aromatic heterocycles. The Morgan fingerprint density at radius 3 is 2.73 bits per heavy atom. The topological polar surface area (TPSA) is 40.7 Å². The fraction of sp³-hybridized carbons (Fsp3) is 0.182. The van der Waals surface area contributed by atoms with Gasteiger partial charge in [-0.05, 0) is 24.7 Å². The fourth-order valence-corrected chi connectivity index (χ4v) is 1.63. The summed E-state index contributed by atoms with van der Waals surface area (Å²) in [7, 11) is 1.92. The van der Waals surface area contributed by atoms with Crippen LogP contribution in [0.4, 0.5) is 0 Å². The molecule has 0 bridgehead atoms. The number of nitrogens with one attached hydrogen (secondary N) is 2. The lowest BCUT2D eigenvalue weighted by atomic mass is 10.1. The molecule has 0 unspecified atom stereocenters. The van der Waals surface area contributed by atoms with Crippen molar-refractivity contribution in [2.24, 2.45) is 0 Å². The molecule has 0 saturated carbocycles. The quantitative estimate of drug-likeness (QED) is 0.836. The summed E-state index contributed by atoms with van der Waals surface area (Å²) in [5.74, 6) is 0. The minimum Gasteiger partial charge on any atom is -0.316 e. The zero-order valence-electron chi connectivity index (χ0n) is 8.42. The molecule has 0 amide bonds. The number of aromatic amines is 1. The number of nitrogens with zero attached hydrogens (tertiary/aromatic N) is 1. The molecule has 2 rings (SSSR count). The first kappa shape index (κ1) is 10.2. The van der Waals surface area contributed by atoms with Crippen LogP contribution in [-0.4, -0.2) is 17.2 Å². The molecule has 0 atom stereocenters. The molecule has 0 aliphatic heterocycles. The van der Waals surface area contributed by atoms with Gasteiger partial charge in [-0.15, -0.1) is 0 Å². The third-order valence-electron chi connectivity index (χ3n) is 2.22. The van der Waals surface area contributed by atoms with Crippen molar-refractivity contribution >= 4 is 11.6 Å². The Morgan fingerprint density at radius 1 is 1.33 bits per heavy atom. The van der Waals surface area contributed by atoms with Crippen LogP contribution in [0, 0.1) is 0 Å². The molecule has 0 aliphatic carbocycles. The summed E-state index contributed by atoms with van der Waals surface area (Å²) >= 11 is 5.84. The smallest absolute Gasteiger partial charge is 0.0695 e. The zero-order chi connectivity index (χ0) is 10.7. The van der Waals surface area contributed by atoms with Gasteiger partial charge in [0.15, 0.2) is 0 Å². The number of H-pyrrole nitrogens is 1. The Labute approximate surface area is 93.5 Å². The van der Waals surface area contributed by atoms with Crippen LogP contribution in [-0.2, 0) is 6.54 Å². The van der Waals surface area contributed by atoms with E-state index < -0.39 is 0 Å². The van der Waals surface area contributed by atoms with Gasteiger partial charge in [-0.2, -0.15) is 5.10 Å². The number of hydrogen-bond donors (Lipinski definition) is 2. The fourth-order valence-electron chi connectivity index (χ4n) is 1.50. The molecule has 1 aromatic carbocycles. The molecule has 2 aromatic rings. The van der Waals surface area contributed by atoms with Gasteiger partial charge in [-0.1, -0.05) is 23.7 Å². The molecule has 0 spiro atoms. The Bertz CT molecular complexity index is 433. The molecule has 0 saturated heterocycles. The minimum absolute atomic E-state index is 0.744. The van der Waals surface area contributed by atoms with Crippen LogP contribution in [0.3, 0.4) is 0 Å². The highest BCUT2D eigenvalue weighted by Gasteiger charge is 2.06. The predicted molar refractivity (Wildman–Crippen MR) is 61.8 cm³/mol. The van der Waals surface area contributed by atoms with E-state index in [2.05, 4.69) is 15.5 Å². The second-order valence-electron chi connectivity index (χ2n) is 3.31. The molecular formula is C11H12ClN3. The highest BCUT2D eigenvalue weighted by molar-refractivity contribution is 6.30. The largest absolute Gasteiger partial charge is 0.316 e. The molecule has 0 radical (unpaired) electrons. The lowest BCUT2D eigenvalue weighted by Crippen LogP contribution is -2.05. The van der Waals surface area contributed by atoms with Crippen molar-refractivity contribution in [3.63, 3.8) is 0 Å². The number of benzene rings is 1. The van der Waals surface area contributed by atoms with E-state index >= 15 is 0 Å². The number of hydrogen-bond acceptors (Lipinski definition) is 2. The number of rotatable bonds is 3. The van der Waals surface area contributed by atoms with Crippen LogP contribution >= 0.6 is 11.6 Å². The van der Waals surface area contributed by atoms with Gasteiger partial charge in [0, 0.05) is 17.1 Å². The summed E-state index contributed by atoms with van der Waals surface area (Å²) in [6.45, 7) is 0.800. The molecule has 78 valence electrons. The summed E-state index contributed by atoms with van der Waals surface area (Å²) < 4.78 is 0. The van der Waals surface area contributed by atoms with Gasteiger partial charge in [0.2, 0.25) is 0 Å². The first-order valence-electron chi connectivity index (χ1n) is 4.74. The van der Waals surface area contributed by atoms with Gasteiger partial charge in [-0.25, -0.2) is 0 Å². The second-order valence-corrected chi connectivity index (χ2v) is 3.74. The zero-order valence-corrected chi connectivity index (χ0v) is 9.17. The monoisotopic (exact) mass is 221 g/mol. The Kier molecular flexibility index (Phi) is 3.04. The van der Waals surface area contributed by atoms with Crippen LogP contribution in [0.1, 0.15) is 5.56 Å². The molecule has 15 heavy (non-hydrogen) atoms. The molecule has 3 nitrogen and oxygen atoms in total. The van der Waals surface area contributed by atoms with E-state index in [1.807, 2.05) is 37.5 Å². The van der Waals surface area contributed by atoms with Gasteiger partial charge in [0.1, 0.15) is 0 Å². The third kappa shape index (κ3) is 2.19. The molecule has 0 aliphatic rings. The summed E-state index contributed by atoms with van der Waals surface area (Å²) in [5, 5.41) is 10.9. The van der Waals surface area contributed by atoms with Gasteiger partial charge >= 0.3 is 0 Å². The van der Waals surface area contributed by atoms with E-state index in [4.69, 9.17) is 11.6 Å². The average Bonchev–Trinajstić information content (AvgIpc) is 2.68. The lowest BCUT2D eigenvalue weighted by molar-refractivity contribution is 0.820. The van der Waals surface area contributed by atoms with Crippen LogP contribution in [0.25, 0.3) is 11.3 Å². The first-order chi connectivity index (χ1) is 7.31. The van der Waals surface area contributed by atoms with Crippen molar-refractivity contribution in [3.05, 3.63) is 41.0 Å². The van der Waals surface area contributed by atoms with Gasteiger partial charge < -0.3 is 5.32 Å². The van der Waals surface area contributed by atoms with E-state index in [0.717, 1.165) is 28.4 Å². The third-order valence-corrected chi connectivity index (χ3v) is 2.47. The maximum atomic E-state index is 5.84. The highest BCUT2D eigenvalue weighted by Crippen LogP contribution is 2.22. The summed E-state index contributed by atoms with van der Waals surface area (Å²) in [5.41, 5.74) is 3.29. The summed E-state index contributed by atoms with van der Waals surface area (Å²) in [6.07, 6.45) is 1.83. The second kappa shape index (κ2) is 4.47. The number of halogens is 1. The van der Waals surface area contributed by atoms with Gasteiger partial charge in [0.05, 0.1) is 11.9 Å². The van der Waals surface area contributed by atoms with Crippen LogP contribution in [0.15, 0.2) is 30.5 Å². The lowest BCUT2D eigenvalue weighted by Gasteiger charge is -2.02. The van der Waals surface area contributed by atoms with Crippen molar-refractivity contribution in [2.75, 3.05) is 7.05 Å². The summed E-state index contributed by atoms with van der Waals surface area (Å²) in [4.78, 5) is 0. The summed E-state index contributed by atoms with van der Waals surface area (Å²) in [6, 6.07) is 7.71. The molecule has 1 heterocycles. The highest BCUT2D eigenvalue weighted by atomic mass is 35.5. The Balaban J connectivity index is 2.36. The predicted octanol–water partition coefficient (Wildman–Crippen LogP) is 2.45. The van der Waals surface area contributed by atoms with Crippen molar-refractivity contribution in [3.8, 4) is 11.3 Å². The van der Waals surface area contributed by atoms with Gasteiger partial charge in [-0.3, -0.25) is 5.10 Å². The SMILES string of the molecule is CNCc1cn[nH]c1-c1ccc(Cl)cc1. The van der Waals surface area contributed by atoms with Crippen molar-refractivity contribution in [1.29, 1.82) is 0 Å². The average molecular weight is 222 g/mol. The molecule has 0 fully saturated rings. The maximum absolute atomic E-state index is 5.84. The van der Waals surface area contributed by atoms with E-state index in [1.54, 1.807) is 0 Å². The van der Waals surface area contributed by atoms with Gasteiger partial charge in [0.25, 0.3) is 0 Å². The molecule has 2 N–H and O–H groups in total. The molecular weight excluding hydrogens is 210 g/mol. The van der Waals surface area contributed by atoms with Crippen LogP contribution < -0.4 is 5.32 Å². The molecule has 4 heteroatoms. The minimum atomic E-state index is 0.744. The van der Waals surface area contributed by atoms with Crippen molar-refractivity contribution in [1.82, 2.24) is 15.5 Å². The maximum Gasteiger partial charge on any atom is 0.0695 e. The van der Waals surface area contributed by atoms with Crippen molar-refractivity contribution < 1.29 is 0 Å². The standard InChI is InChI=1S/C11H12ClN3/c1-13-6-9-7-14-15-11(9)8-2-4-10(12)5-3-8/h2-5,7,13H,6H2,1H3,(H,14,15). The Morgan fingerprint density at radius 2 is 2.07 bits per heavy atom. The van der Waals surface area contributed by atoms with E-state index in [0.29, 0.717) is 0 Å². The number of aromatic nitrogens is 2. The van der Waals surface area contributed by atoms with E-state index in [-0.39, 0.29) is 0 Å². The first-order valence-corrected chi connectivity index (χ1v) is 5.12. The Hall–Kier alpha value is -1.32.